The summed E-state index contributed by atoms with van der Waals surface area (Å²) < 4.78 is 18.6. The fraction of sp³-hybridized carbons (Fsp3) is 0.103. The van der Waals surface area contributed by atoms with Crippen molar-refractivity contribution < 1.29 is 18.4 Å². The van der Waals surface area contributed by atoms with Gasteiger partial charge in [0.2, 0.25) is 5.91 Å². The van der Waals surface area contributed by atoms with Gasteiger partial charge in [0.15, 0.2) is 0 Å². The molecule has 0 fully saturated rings. The van der Waals surface area contributed by atoms with E-state index in [-0.39, 0.29) is 30.6 Å². The molecule has 0 saturated carbocycles. The highest BCUT2D eigenvalue weighted by Gasteiger charge is 2.15. The van der Waals surface area contributed by atoms with Crippen LogP contribution in [0, 0.1) is 5.82 Å². The average molecular weight is 469 g/mol. The molecule has 0 bridgehead atoms. The maximum absolute atomic E-state index is 13.4. The number of anilines is 1. The van der Waals surface area contributed by atoms with Crippen molar-refractivity contribution in [1.29, 1.82) is 0 Å². The van der Waals surface area contributed by atoms with E-state index in [0.29, 0.717) is 18.0 Å². The highest BCUT2D eigenvalue weighted by atomic mass is 19.1. The number of carbonyl (C=O) groups excluding carboxylic acids is 2. The maximum Gasteiger partial charge on any atom is 0.251 e. The minimum Gasteiger partial charge on any atom is -0.467 e. The standard InChI is InChI=1S/C29H25FN2O3/c30-25-14-11-23(12-15-25)21-32(29(34)16-13-22-6-2-1-3-7-22)26-9-4-8-24(18-26)19-28(33)31-20-27-10-5-17-35-27/h1-18H,19-21H2,(H,31,33)/b16-13+. The molecular weight excluding hydrogens is 443 g/mol. The number of hydrogen-bond acceptors (Lipinski definition) is 3. The molecule has 176 valence electrons. The summed E-state index contributed by atoms with van der Waals surface area (Å²) >= 11 is 0. The molecule has 0 aliphatic rings. The number of rotatable bonds is 9. The lowest BCUT2D eigenvalue weighted by Gasteiger charge is -2.22. The number of nitrogens with one attached hydrogen (secondary N) is 1. The topological polar surface area (TPSA) is 62.6 Å². The minimum atomic E-state index is -0.335. The SMILES string of the molecule is O=C(Cc1cccc(N(Cc2ccc(F)cc2)C(=O)/C=C/c2ccccc2)c1)NCc1ccco1. The van der Waals surface area contributed by atoms with Gasteiger partial charge >= 0.3 is 0 Å². The zero-order valence-electron chi connectivity index (χ0n) is 19.1. The van der Waals surface area contributed by atoms with Crippen molar-refractivity contribution in [1.82, 2.24) is 5.32 Å². The Morgan fingerprint density at radius 3 is 2.43 bits per heavy atom. The number of furan rings is 1. The van der Waals surface area contributed by atoms with Gasteiger partial charge in [-0.1, -0.05) is 54.6 Å². The molecule has 0 unspecified atom stereocenters. The summed E-state index contributed by atoms with van der Waals surface area (Å²) in [4.78, 5) is 27.3. The monoisotopic (exact) mass is 468 g/mol. The Morgan fingerprint density at radius 1 is 0.886 bits per heavy atom. The number of hydrogen-bond donors (Lipinski definition) is 1. The van der Waals surface area contributed by atoms with Crippen molar-refractivity contribution in [3.05, 3.63) is 132 Å². The Hall–Kier alpha value is -4.45. The van der Waals surface area contributed by atoms with Crippen LogP contribution in [0.3, 0.4) is 0 Å². The van der Waals surface area contributed by atoms with Crippen LogP contribution in [0.15, 0.2) is 108 Å². The zero-order valence-corrected chi connectivity index (χ0v) is 19.1. The smallest absolute Gasteiger partial charge is 0.251 e. The van der Waals surface area contributed by atoms with Gasteiger partial charge < -0.3 is 14.6 Å². The normalized spacial score (nSPS) is 10.9. The van der Waals surface area contributed by atoms with Crippen molar-refractivity contribution in [3.8, 4) is 0 Å². The third kappa shape index (κ3) is 7.01. The molecule has 4 aromatic rings. The molecule has 6 heteroatoms. The van der Waals surface area contributed by atoms with Crippen molar-refractivity contribution >= 4 is 23.6 Å². The number of carbonyl (C=O) groups is 2. The van der Waals surface area contributed by atoms with Crippen LogP contribution in [0.25, 0.3) is 6.08 Å². The minimum absolute atomic E-state index is 0.154. The number of nitrogens with zero attached hydrogens (tertiary/aromatic N) is 1. The summed E-state index contributed by atoms with van der Waals surface area (Å²) in [5.74, 6) is -0.0388. The first-order chi connectivity index (χ1) is 17.1. The van der Waals surface area contributed by atoms with E-state index in [4.69, 9.17) is 4.42 Å². The van der Waals surface area contributed by atoms with E-state index >= 15 is 0 Å². The summed E-state index contributed by atoms with van der Waals surface area (Å²) in [5.41, 5.74) is 3.11. The number of halogens is 1. The average Bonchev–Trinajstić information content (AvgIpc) is 3.40. The highest BCUT2D eigenvalue weighted by Crippen LogP contribution is 2.21. The lowest BCUT2D eigenvalue weighted by Crippen LogP contribution is -2.29. The van der Waals surface area contributed by atoms with E-state index in [1.807, 2.05) is 54.6 Å². The molecule has 0 spiro atoms. The largest absolute Gasteiger partial charge is 0.467 e. The molecule has 1 heterocycles. The molecule has 0 aliphatic carbocycles. The second-order valence-electron chi connectivity index (χ2n) is 8.00. The maximum atomic E-state index is 13.4. The molecule has 4 rings (SSSR count). The highest BCUT2D eigenvalue weighted by molar-refractivity contribution is 6.03. The third-order valence-corrected chi connectivity index (χ3v) is 5.36. The molecule has 0 atom stereocenters. The lowest BCUT2D eigenvalue weighted by atomic mass is 10.1. The summed E-state index contributed by atoms with van der Waals surface area (Å²) in [6.07, 6.45) is 4.99. The molecule has 2 amide bonds. The van der Waals surface area contributed by atoms with Crippen molar-refractivity contribution in [3.63, 3.8) is 0 Å². The molecule has 1 N–H and O–H groups in total. The quantitative estimate of drug-likeness (QED) is 0.329. The Bertz CT molecular complexity index is 1280. The summed E-state index contributed by atoms with van der Waals surface area (Å²) in [6.45, 7) is 0.567. The van der Waals surface area contributed by atoms with Gasteiger partial charge in [-0.2, -0.15) is 0 Å². The summed E-state index contributed by atoms with van der Waals surface area (Å²) in [7, 11) is 0. The first-order valence-corrected chi connectivity index (χ1v) is 11.2. The van der Waals surface area contributed by atoms with Crippen LogP contribution < -0.4 is 10.2 Å². The van der Waals surface area contributed by atoms with Gasteiger partial charge in [0.05, 0.1) is 25.8 Å². The van der Waals surface area contributed by atoms with Gasteiger partial charge in [-0.15, -0.1) is 0 Å². The van der Waals surface area contributed by atoms with Gasteiger partial charge in [0.1, 0.15) is 11.6 Å². The number of benzene rings is 3. The first-order valence-electron chi connectivity index (χ1n) is 11.2. The second-order valence-corrected chi connectivity index (χ2v) is 8.00. The van der Waals surface area contributed by atoms with Crippen LogP contribution in [0.5, 0.6) is 0 Å². The summed E-state index contributed by atoms with van der Waals surface area (Å²) in [5, 5.41) is 2.83. The molecule has 0 aliphatic heterocycles. The Balaban J connectivity index is 1.52. The fourth-order valence-electron chi connectivity index (χ4n) is 3.57. The van der Waals surface area contributed by atoms with E-state index in [1.165, 1.54) is 18.2 Å². The molecule has 35 heavy (non-hydrogen) atoms. The van der Waals surface area contributed by atoms with Crippen molar-refractivity contribution in [2.75, 3.05) is 4.90 Å². The van der Waals surface area contributed by atoms with Gasteiger partial charge in [0, 0.05) is 11.8 Å². The van der Waals surface area contributed by atoms with Crippen LogP contribution in [-0.4, -0.2) is 11.8 Å². The van der Waals surface area contributed by atoms with E-state index in [0.717, 1.165) is 16.7 Å². The molecule has 0 saturated heterocycles. The van der Waals surface area contributed by atoms with Crippen LogP contribution in [-0.2, 0) is 29.1 Å². The molecule has 0 radical (unpaired) electrons. The van der Waals surface area contributed by atoms with E-state index in [2.05, 4.69) is 5.32 Å². The predicted octanol–water partition coefficient (Wildman–Crippen LogP) is 5.52. The predicted molar refractivity (Wildman–Crippen MR) is 134 cm³/mol. The summed E-state index contributed by atoms with van der Waals surface area (Å²) in [6, 6.07) is 26.5. The lowest BCUT2D eigenvalue weighted by molar-refractivity contribution is -0.120. The second kappa shape index (κ2) is 11.6. The van der Waals surface area contributed by atoms with Crippen LogP contribution in [0.4, 0.5) is 10.1 Å². The Kier molecular flexibility index (Phi) is 7.86. The molecule has 3 aromatic carbocycles. The van der Waals surface area contributed by atoms with Crippen LogP contribution in [0.2, 0.25) is 0 Å². The van der Waals surface area contributed by atoms with E-state index < -0.39 is 0 Å². The molecule has 5 nitrogen and oxygen atoms in total. The van der Waals surface area contributed by atoms with Gasteiger partial charge in [-0.05, 0) is 59.2 Å². The van der Waals surface area contributed by atoms with Gasteiger partial charge in [0.25, 0.3) is 5.91 Å². The number of amides is 2. The first kappa shape index (κ1) is 23.7. The van der Waals surface area contributed by atoms with Gasteiger partial charge in [-0.25, -0.2) is 4.39 Å². The van der Waals surface area contributed by atoms with Crippen molar-refractivity contribution in [2.45, 2.75) is 19.5 Å². The van der Waals surface area contributed by atoms with E-state index in [9.17, 15) is 14.0 Å². The Labute approximate surface area is 203 Å². The third-order valence-electron chi connectivity index (χ3n) is 5.36. The van der Waals surface area contributed by atoms with E-state index in [1.54, 1.807) is 41.5 Å². The molecule has 1 aromatic heterocycles. The zero-order chi connectivity index (χ0) is 24.5. The molecular formula is C29H25FN2O3. The Morgan fingerprint density at radius 2 is 1.69 bits per heavy atom. The van der Waals surface area contributed by atoms with Crippen LogP contribution >= 0.6 is 0 Å². The van der Waals surface area contributed by atoms with Gasteiger partial charge in [-0.3, -0.25) is 9.59 Å². The fourth-order valence-corrected chi connectivity index (χ4v) is 3.57. The van der Waals surface area contributed by atoms with Crippen LogP contribution in [0.1, 0.15) is 22.5 Å². The van der Waals surface area contributed by atoms with Crippen molar-refractivity contribution in [2.24, 2.45) is 0 Å².